The van der Waals surface area contributed by atoms with E-state index in [1.165, 1.54) is 35.6 Å². The van der Waals surface area contributed by atoms with E-state index in [4.69, 9.17) is 28.9 Å². The predicted molar refractivity (Wildman–Crippen MR) is 336 cm³/mol. The van der Waals surface area contributed by atoms with E-state index in [1.807, 2.05) is 24.3 Å². The summed E-state index contributed by atoms with van der Waals surface area (Å²) in [5.41, 5.74) is -4.35. The molecule has 0 aliphatic heterocycles. The third-order valence-corrected chi connectivity index (χ3v) is 17.4. The van der Waals surface area contributed by atoms with E-state index in [0.717, 1.165) is 0 Å². The Morgan fingerprint density at radius 2 is 0.681 bits per heavy atom. The monoisotopic (exact) mass is 1210 g/mol. The van der Waals surface area contributed by atoms with Gasteiger partial charge in [-0.15, -0.1) is 11.3 Å². The number of aliphatic imine (C=N–C) groups is 2. The fourth-order valence-corrected chi connectivity index (χ4v) is 13.1. The highest BCUT2D eigenvalue weighted by Gasteiger charge is 2.61. The molecule has 0 spiro atoms. The van der Waals surface area contributed by atoms with Gasteiger partial charge in [0.05, 0.1) is 11.4 Å². The van der Waals surface area contributed by atoms with Crippen molar-refractivity contribution in [3.8, 4) is 24.3 Å². The Labute approximate surface area is 522 Å². The van der Waals surface area contributed by atoms with Gasteiger partial charge in [-0.3, -0.25) is 28.8 Å². The Bertz CT molecular complexity index is 4590. The number of allylic oxidation sites excluding steroid dienone is 4. The van der Waals surface area contributed by atoms with E-state index < -0.39 is 57.4 Å². The number of rotatable bonds is 14. The average molecular weight is 1210 g/mol. The third-order valence-electron chi connectivity index (χ3n) is 16.2. The second-order valence-corrected chi connectivity index (χ2v) is 22.5. The van der Waals surface area contributed by atoms with Crippen LogP contribution < -0.4 is 0 Å². The highest BCUT2D eigenvalue weighted by Crippen LogP contribution is 2.53. The normalized spacial score (nSPS) is 15.3. The van der Waals surface area contributed by atoms with Gasteiger partial charge in [0, 0.05) is 42.4 Å². The van der Waals surface area contributed by atoms with Crippen LogP contribution in [-0.4, -0.2) is 46.9 Å². The number of hydrogen-bond acceptors (Lipinski definition) is 17. The van der Waals surface area contributed by atoms with Crippen molar-refractivity contribution in [2.45, 2.75) is 37.3 Å². The fraction of sp³-hybridized carbons (Fsp3) is 0.0811. The molecule has 0 saturated heterocycles. The number of ketones is 2. The Hall–Kier alpha value is -12.5. The standard InChI is InChI=1S/C74H42N6O10S/c75-35-49(36-76)63-51-25-13-15-27-53(51)67(81)65(63)79-61-31-47-29-59-55(33-57(47)73(61,69(83)87-39-43-17-5-1-6-18-43)70(84)88-40-44-19-7-2-8-20-44)56-34-58-48(30-60(56)91-59)32-62(80-66-64(50(37-77)38-78)52-26-14-16-28-54(52)68(66)82)74(58,71(85)89-41-45-21-9-3-10-22-45)72(86)90-42-46-23-11-4-12-24-46/h1-34H,39-42H2. The summed E-state index contributed by atoms with van der Waals surface area (Å²) in [6, 6.07) is 61.7. The zero-order valence-electron chi connectivity index (χ0n) is 47.6. The molecular formula is C74H42N6O10S. The van der Waals surface area contributed by atoms with E-state index >= 15 is 19.2 Å². The highest BCUT2D eigenvalue weighted by molar-refractivity contribution is 7.25. The lowest BCUT2D eigenvalue weighted by molar-refractivity contribution is -0.166. The first-order valence-electron chi connectivity index (χ1n) is 28.3. The molecule has 17 heteroatoms. The minimum atomic E-state index is -2.65. The Morgan fingerprint density at radius 3 is 0.978 bits per heavy atom. The first-order chi connectivity index (χ1) is 44.4. The molecule has 1 heterocycles. The zero-order chi connectivity index (χ0) is 63.0. The Morgan fingerprint density at radius 1 is 0.396 bits per heavy atom. The molecule has 0 amide bonds. The lowest BCUT2D eigenvalue weighted by atomic mass is 9.78. The maximum atomic E-state index is 15.8. The predicted octanol–water partition coefficient (Wildman–Crippen LogP) is 12.5. The van der Waals surface area contributed by atoms with Crippen LogP contribution >= 0.6 is 11.3 Å². The molecule has 0 bridgehead atoms. The largest absolute Gasteiger partial charge is 0.459 e. The van der Waals surface area contributed by atoms with Crippen molar-refractivity contribution >= 4 is 102 Å². The second-order valence-electron chi connectivity index (χ2n) is 21.4. The van der Waals surface area contributed by atoms with Crippen LogP contribution in [0.15, 0.2) is 227 Å². The molecule has 8 aromatic carbocycles. The van der Waals surface area contributed by atoms with E-state index in [1.54, 1.807) is 182 Å². The molecule has 13 rings (SSSR count). The number of benzene rings is 8. The van der Waals surface area contributed by atoms with Crippen LogP contribution in [0, 0.1) is 45.3 Å². The van der Waals surface area contributed by atoms with Gasteiger partial charge < -0.3 is 18.9 Å². The fourth-order valence-electron chi connectivity index (χ4n) is 11.9. The lowest BCUT2D eigenvalue weighted by Crippen LogP contribution is -2.46. The van der Waals surface area contributed by atoms with Crippen LogP contribution in [0.4, 0.5) is 0 Å². The van der Waals surface area contributed by atoms with Crippen LogP contribution in [0.5, 0.6) is 0 Å². The summed E-state index contributed by atoms with van der Waals surface area (Å²) >= 11 is 1.27. The minimum Gasteiger partial charge on any atom is -0.459 e. The average Bonchev–Trinajstić information content (AvgIpc) is 1.56. The van der Waals surface area contributed by atoms with Gasteiger partial charge in [-0.2, -0.15) is 21.0 Å². The number of thiophene rings is 1. The van der Waals surface area contributed by atoms with Crippen LogP contribution in [0.1, 0.15) is 76.4 Å². The zero-order valence-corrected chi connectivity index (χ0v) is 48.4. The lowest BCUT2D eigenvalue weighted by Gasteiger charge is -2.28. The molecule has 434 valence electrons. The smallest absolute Gasteiger partial charge is 0.334 e. The molecule has 0 radical (unpaired) electrons. The number of nitrogens with zero attached hydrogens (tertiary/aromatic N) is 6. The third kappa shape index (κ3) is 9.68. The molecule has 91 heavy (non-hydrogen) atoms. The molecule has 1 aromatic heterocycles. The molecule has 0 N–H and O–H groups in total. The quantitative estimate of drug-likeness (QED) is 0.0424. The van der Waals surface area contributed by atoms with Gasteiger partial charge in [-0.05, 0) is 92.1 Å². The van der Waals surface area contributed by atoms with Gasteiger partial charge in [0.2, 0.25) is 22.4 Å². The molecule has 0 saturated carbocycles. The molecule has 4 aliphatic rings. The number of ether oxygens (including phenoxy) is 4. The number of nitriles is 4. The highest BCUT2D eigenvalue weighted by atomic mass is 32.1. The maximum Gasteiger partial charge on any atom is 0.334 e. The summed E-state index contributed by atoms with van der Waals surface area (Å²) in [6.45, 7) is -1.35. The number of hydrogen-bond donors (Lipinski definition) is 0. The maximum absolute atomic E-state index is 15.8. The van der Waals surface area contributed by atoms with E-state index in [0.29, 0.717) is 42.4 Å². The van der Waals surface area contributed by atoms with E-state index in [2.05, 4.69) is 0 Å². The second kappa shape index (κ2) is 23.6. The van der Waals surface area contributed by atoms with Gasteiger partial charge in [0.15, 0.2) is 0 Å². The number of carbonyl (C=O) groups is 6. The first kappa shape index (κ1) is 57.5. The summed E-state index contributed by atoms with van der Waals surface area (Å²) in [4.78, 5) is 102. The van der Waals surface area contributed by atoms with E-state index in [9.17, 15) is 30.6 Å². The van der Waals surface area contributed by atoms with Crippen molar-refractivity contribution in [3.05, 3.63) is 283 Å². The van der Waals surface area contributed by atoms with Crippen molar-refractivity contribution in [1.82, 2.24) is 0 Å². The summed E-state index contributed by atoms with van der Waals surface area (Å²) in [5.74, 6) is -5.99. The van der Waals surface area contributed by atoms with E-state index in [-0.39, 0.29) is 105 Å². The first-order valence-corrected chi connectivity index (χ1v) is 29.1. The molecule has 9 aromatic rings. The number of esters is 4. The molecule has 0 atom stereocenters. The Kier molecular flexibility index (Phi) is 14.9. The van der Waals surface area contributed by atoms with Crippen molar-refractivity contribution < 1.29 is 47.7 Å². The van der Waals surface area contributed by atoms with Gasteiger partial charge in [-0.1, -0.05) is 170 Å². The van der Waals surface area contributed by atoms with Crippen molar-refractivity contribution in [3.63, 3.8) is 0 Å². The topological polar surface area (TPSA) is 259 Å². The van der Waals surface area contributed by atoms with Crippen LogP contribution in [0.2, 0.25) is 0 Å². The molecule has 0 unspecified atom stereocenters. The molecule has 4 aliphatic carbocycles. The molecule has 16 nitrogen and oxygen atoms in total. The van der Waals surface area contributed by atoms with Gasteiger partial charge in [0.1, 0.15) is 73.3 Å². The van der Waals surface area contributed by atoms with Gasteiger partial charge >= 0.3 is 23.9 Å². The van der Waals surface area contributed by atoms with Gasteiger partial charge in [-0.25, -0.2) is 9.98 Å². The number of fused-ring (bicyclic) bond motifs is 7. The number of Topliss-reactive ketones (excluding diaryl/α,β-unsaturated/α-hetero) is 2. The van der Waals surface area contributed by atoms with Crippen molar-refractivity contribution in [2.24, 2.45) is 9.98 Å². The number of carbonyl (C=O) groups excluding carboxylic acids is 6. The van der Waals surface area contributed by atoms with Gasteiger partial charge in [0.25, 0.3) is 0 Å². The van der Waals surface area contributed by atoms with Crippen LogP contribution in [0.3, 0.4) is 0 Å². The summed E-state index contributed by atoms with van der Waals surface area (Å²) < 4.78 is 25.8. The van der Waals surface area contributed by atoms with Crippen LogP contribution in [0.25, 0.3) is 43.5 Å². The summed E-state index contributed by atoms with van der Waals surface area (Å²) in [5, 5.41) is 42.1. The Balaban J connectivity index is 1.05. The minimum absolute atomic E-state index is 0.00427. The van der Waals surface area contributed by atoms with Crippen molar-refractivity contribution in [1.29, 1.82) is 21.0 Å². The summed E-state index contributed by atoms with van der Waals surface area (Å²) in [7, 11) is 0. The SMILES string of the molecule is N#CC(C#N)=C1C(=NC2=Cc3cc4sc5cc6c(cc5c4cc3C2(C(=O)OCc2ccccc2)C(=O)OCc2ccccc2)C(C(=O)OCc2ccccc2)(C(=O)OCc2ccccc2)C(N=C2C(=O)c3ccccc3C2=C(C#N)C#N)=C6)C(=O)c2ccccc21. The molecular weight excluding hydrogens is 1160 g/mol. The van der Waals surface area contributed by atoms with Crippen LogP contribution in [-0.2, 0) is 75.4 Å². The summed E-state index contributed by atoms with van der Waals surface area (Å²) in [6.07, 6.45) is 2.93. The molecule has 0 fully saturated rings. The van der Waals surface area contributed by atoms with Crippen molar-refractivity contribution in [2.75, 3.05) is 0 Å².